The Labute approximate surface area is 207 Å². The molecule has 4 aromatic carbocycles. The van der Waals surface area contributed by atoms with E-state index < -0.39 is 20.0 Å². The number of halogens is 2. The van der Waals surface area contributed by atoms with Crippen LogP contribution in [0.1, 0.15) is 0 Å². The zero-order valence-corrected chi connectivity index (χ0v) is 21.5. The Morgan fingerprint density at radius 1 is 0.758 bits per heavy atom. The van der Waals surface area contributed by atoms with Crippen molar-refractivity contribution in [2.75, 3.05) is 4.31 Å². The van der Waals surface area contributed by atoms with Gasteiger partial charge < -0.3 is 5.11 Å². The Morgan fingerprint density at radius 2 is 1.30 bits per heavy atom. The molecule has 0 amide bonds. The second-order valence-electron chi connectivity index (χ2n) is 7.04. The summed E-state index contributed by atoms with van der Waals surface area (Å²) in [6.07, 6.45) is 0. The highest BCUT2D eigenvalue weighted by Gasteiger charge is 2.32. The molecule has 0 atom stereocenters. The molecule has 0 spiro atoms. The maximum Gasteiger partial charge on any atom is 0.269 e. The number of benzene rings is 4. The van der Waals surface area contributed by atoms with Crippen molar-refractivity contribution in [2.24, 2.45) is 5.14 Å². The van der Waals surface area contributed by atoms with E-state index in [4.69, 9.17) is 5.14 Å². The van der Waals surface area contributed by atoms with E-state index in [1.807, 2.05) is 0 Å². The van der Waals surface area contributed by atoms with E-state index in [2.05, 4.69) is 31.9 Å². The van der Waals surface area contributed by atoms with Gasteiger partial charge in [0.2, 0.25) is 10.0 Å². The predicted octanol–water partition coefficient (Wildman–Crippen LogP) is 5.24. The summed E-state index contributed by atoms with van der Waals surface area (Å²) >= 11 is 6.83. The molecule has 0 saturated heterocycles. The summed E-state index contributed by atoms with van der Waals surface area (Å²) < 4.78 is 54.8. The Kier molecular flexibility index (Phi) is 6.27. The average Bonchev–Trinajstić information content (AvgIpc) is 2.75. The van der Waals surface area contributed by atoms with Gasteiger partial charge in [-0.05, 0) is 85.8 Å². The monoisotopic (exact) mass is 610 g/mol. The second-order valence-corrected chi connectivity index (χ2v) is 12.1. The van der Waals surface area contributed by atoms with E-state index in [1.54, 1.807) is 48.5 Å². The minimum absolute atomic E-state index is 0.145. The van der Waals surface area contributed by atoms with Crippen LogP contribution in [0, 0.1) is 0 Å². The second kappa shape index (κ2) is 8.73. The van der Waals surface area contributed by atoms with Crippen LogP contribution in [-0.4, -0.2) is 21.9 Å². The van der Waals surface area contributed by atoms with Gasteiger partial charge in [-0.15, -0.1) is 0 Å². The fourth-order valence-electron chi connectivity index (χ4n) is 3.38. The number of fused-ring (bicyclic) bond motifs is 1. The maximum atomic E-state index is 14.2. The van der Waals surface area contributed by atoms with Crippen LogP contribution >= 0.6 is 31.9 Å². The number of phenols is 1. The zero-order valence-electron chi connectivity index (χ0n) is 16.7. The predicted molar refractivity (Wildman–Crippen MR) is 135 cm³/mol. The molecular formula is C22H16Br2N2O5S2. The van der Waals surface area contributed by atoms with E-state index >= 15 is 0 Å². The highest BCUT2D eigenvalue weighted by molar-refractivity contribution is 9.11. The number of hydrogen-bond donors (Lipinski definition) is 2. The topological polar surface area (TPSA) is 118 Å². The van der Waals surface area contributed by atoms with Gasteiger partial charge >= 0.3 is 0 Å². The van der Waals surface area contributed by atoms with Crippen molar-refractivity contribution in [3.05, 3.63) is 87.8 Å². The third-order valence-corrected chi connectivity index (χ3v) is 8.86. The Hall–Kier alpha value is -2.44. The van der Waals surface area contributed by atoms with E-state index in [-0.39, 0.29) is 26.3 Å². The van der Waals surface area contributed by atoms with Gasteiger partial charge in [-0.3, -0.25) is 0 Å². The van der Waals surface area contributed by atoms with Gasteiger partial charge in [-0.2, -0.15) is 0 Å². The number of sulfonamides is 2. The molecular weight excluding hydrogens is 596 g/mol. The van der Waals surface area contributed by atoms with Gasteiger partial charge in [0.25, 0.3) is 10.0 Å². The van der Waals surface area contributed by atoms with Crippen LogP contribution in [0.5, 0.6) is 5.75 Å². The van der Waals surface area contributed by atoms with E-state index in [1.165, 1.54) is 24.3 Å². The number of aromatic hydroxyl groups is 1. The molecule has 0 heterocycles. The van der Waals surface area contributed by atoms with E-state index in [9.17, 15) is 21.9 Å². The van der Waals surface area contributed by atoms with Crippen molar-refractivity contribution in [1.82, 2.24) is 0 Å². The highest BCUT2D eigenvalue weighted by Crippen LogP contribution is 2.42. The summed E-state index contributed by atoms with van der Waals surface area (Å²) in [5.41, 5.74) is 0.609. The first kappa shape index (κ1) is 23.7. The van der Waals surface area contributed by atoms with Gasteiger partial charge in [0.05, 0.1) is 21.2 Å². The molecule has 0 radical (unpaired) electrons. The van der Waals surface area contributed by atoms with Gasteiger partial charge in [-0.25, -0.2) is 26.3 Å². The van der Waals surface area contributed by atoms with Gasteiger partial charge in [-0.1, -0.05) is 30.3 Å². The Morgan fingerprint density at radius 3 is 1.82 bits per heavy atom. The van der Waals surface area contributed by atoms with Crippen LogP contribution in [0.25, 0.3) is 10.8 Å². The van der Waals surface area contributed by atoms with Crippen LogP contribution < -0.4 is 9.44 Å². The lowest BCUT2D eigenvalue weighted by molar-refractivity contribution is 0.476. The molecule has 3 N–H and O–H groups in total. The number of rotatable bonds is 5. The van der Waals surface area contributed by atoms with E-state index in [0.717, 1.165) is 10.4 Å². The third kappa shape index (κ3) is 4.51. The normalized spacial score (nSPS) is 12.1. The average molecular weight is 612 g/mol. The smallest absolute Gasteiger partial charge is 0.269 e. The van der Waals surface area contributed by atoms with Crippen molar-refractivity contribution < 1.29 is 21.9 Å². The molecule has 0 aliphatic rings. The molecule has 0 bridgehead atoms. The first-order chi connectivity index (χ1) is 15.5. The molecule has 0 fully saturated rings. The zero-order chi connectivity index (χ0) is 24.0. The molecule has 0 aliphatic heterocycles. The molecule has 4 rings (SSSR count). The summed E-state index contributed by atoms with van der Waals surface area (Å²) in [7, 11) is -8.66. The summed E-state index contributed by atoms with van der Waals surface area (Å²) in [5, 5.41) is 15.8. The number of nitrogens with zero attached hydrogens (tertiary/aromatic N) is 1. The number of hydrogen-bond acceptors (Lipinski definition) is 5. The molecule has 0 aromatic heterocycles. The largest absolute Gasteiger partial charge is 0.508 e. The highest BCUT2D eigenvalue weighted by atomic mass is 79.9. The Bertz CT molecular complexity index is 1560. The molecule has 170 valence electrons. The van der Waals surface area contributed by atoms with Gasteiger partial charge in [0, 0.05) is 14.3 Å². The lowest BCUT2D eigenvalue weighted by Gasteiger charge is -2.27. The van der Waals surface area contributed by atoms with Gasteiger partial charge in [0.15, 0.2) is 0 Å². The van der Waals surface area contributed by atoms with Crippen molar-refractivity contribution in [3.8, 4) is 5.75 Å². The van der Waals surface area contributed by atoms with Crippen LogP contribution in [0.4, 0.5) is 11.4 Å². The number of anilines is 2. The number of primary sulfonamides is 1. The molecule has 0 unspecified atom stereocenters. The molecule has 0 saturated carbocycles. The van der Waals surface area contributed by atoms with Crippen LogP contribution in [0.3, 0.4) is 0 Å². The first-order valence-corrected chi connectivity index (χ1v) is 13.9. The summed E-state index contributed by atoms with van der Waals surface area (Å²) in [6, 6.07) is 19.8. The lowest BCUT2D eigenvalue weighted by Crippen LogP contribution is -2.27. The molecule has 33 heavy (non-hydrogen) atoms. The summed E-state index contributed by atoms with van der Waals surface area (Å²) in [6.45, 7) is 0. The Balaban J connectivity index is 2.13. The minimum atomic E-state index is -4.44. The molecule has 4 aromatic rings. The van der Waals surface area contributed by atoms with Gasteiger partial charge in [0.1, 0.15) is 5.75 Å². The van der Waals surface area contributed by atoms with Crippen molar-refractivity contribution in [2.45, 2.75) is 9.79 Å². The van der Waals surface area contributed by atoms with Crippen LogP contribution in [0.15, 0.2) is 97.6 Å². The SMILES string of the molecule is NS(=O)(=O)c1cc(S(=O)(=O)N(c2ccccc2Br)c2ccccc2Br)c2cc(O)ccc2c1. The van der Waals surface area contributed by atoms with E-state index in [0.29, 0.717) is 20.3 Å². The quantitative estimate of drug-likeness (QED) is 0.320. The van der Waals surface area contributed by atoms with Crippen LogP contribution in [-0.2, 0) is 20.0 Å². The van der Waals surface area contributed by atoms with Crippen molar-refractivity contribution >= 4 is 74.1 Å². The fourth-order valence-corrected chi connectivity index (χ4v) is 6.95. The molecule has 7 nitrogen and oxygen atoms in total. The van der Waals surface area contributed by atoms with Crippen molar-refractivity contribution in [1.29, 1.82) is 0 Å². The first-order valence-electron chi connectivity index (χ1n) is 9.34. The number of nitrogens with two attached hydrogens (primary N) is 1. The lowest BCUT2D eigenvalue weighted by atomic mass is 10.1. The minimum Gasteiger partial charge on any atom is -0.508 e. The molecule has 11 heteroatoms. The standard InChI is InChI=1S/C22H16Br2N2O5S2/c23-18-5-1-3-7-20(18)26(21-8-4-2-6-19(21)24)33(30,31)22-13-16(32(25,28)29)11-14-9-10-15(27)12-17(14)22/h1-13,27H,(H2,25,28,29). The summed E-state index contributed by atoms with van der Waals surface area (Å²) in [4.78, 5) is -0.690. The molecule has 0 aliphatic carbocycles. The third-order valence-electron chi connectivity index (χ3n) is 4.86. The number of para-hydroxylation sites is 2. The summed E-state index contributed by atoms with van der Waals surface area (Å²) in [5.74, 6) is -0.171. The fraction of sp³-hybridized carbons (Fsp3) is 0. The van der Waals surface area contributed by atoms with Crippen molar-refractivity contribution in [3.63, 3.8) is 0 Å². The maximum absolute atomic E-state index is 14.2. The number of phenolic OH excluding ortho intramolecular Hbond substituents is 1. The van der Waals surface area contributed by atoms with Crippen LogP contribution in [0.2, 0.25) is 0 Å².